The zero-order valence-electron chi connectivity index (χ0n) is 11.1. The van der Waals surface area contributed by atoms with E-state index >= 15 is 0 Å². The fourth-order valence-corrected chi connectivity index (χ4v) is 3.27. The largest absolute Gasteiger partial charge is 0.352 e. The standard InChI is InChI=1S/C13H15BrClNO3S/c1-13(2)6-8(13)7-16-12(17)10-5-9(20(15,18)19)3-4-11(10)14/h3-5,8H,6-7H2,1-2H3,(H,16,17). The smallest absolute Gasteiger partial charge is 0.261 e. The summed E-state index contributed by atoms with van der Waals surface area (Å²) in [6.45, 7) is 4.90. The Morgan fingerprint density at radius 1 is 1.50 bits per heavy atom. The van der Waals surface area contributed by atoms with Crippen molar-refractivity contribution in [2.75, 3.05) is 6.54 Å². The van der Waals surface area contributed by atoms with Crippen LogP contribution in [0.3, 0.4) is 0 Å². The van der Waals surface area contributed by atoms with Crippen molar-refractivity contribution >= 4 is 41.6 Å². The van der Waals surface area contributed by atoms with Crippen LogP contribution in [0.15, 0.2) is 27.6 Å². The van der Waals surface area contributed by atoms with Gasteiger partial charge in [0.2, 0.25) is 0 Å². The van der Waals surface area contributed by atoms with Gasteiger partial charge in [0, 0.05) is 21.7 Å². The van der Waals surface area contributed by atoms with Gasteiger partial charge in [-0.15, -0.1) is 0 Å². The molecule has 0 radical (unpaired) electrons. The lowest BCUT2D eigenvalue weighted by Gasteiger charge is -2.09. The second-order valence-corrected chi connectivity index (χ2v) is 9.10. The fourth-order valence-electron chi connectivity index (χ4n) is 2.07. The molecule has 1 aromatic carbocycles. The maximum absolute atomic E-state index is 12.1. The van der Waals surface area contributed by atoms with Gasteiger partial charge in [-0.25, -0.2) is 8.42 Å². The minimum absolute atomic E-state index is 0.0840. The lowest BCUT2D eigenvalue weighted by molar-refractivity contribution is 0.0949. The van der Waals surface area contributed by atoms with Crippen molar-refractivity contribution in [3.8, 4) is 0 Å². The molecule has 0 aliphatic heterocycles. The third-order valence-electron chi connectivity index (χ3n) is 3.69. The first-order valence-electron chi connectivity index (χ1n) is 6.14. The Morgan fingerprint density at radius 3 is 2.60 bits per heavy atom. The fraction of sp³-hybridized carbons (Fsp3) is 0.462. The third kappa shape index (κ3) is 3.54. The van der Waals surface area contributed by atoms with Crippen molar-refractivity contribution in [2.45, 2.75) is 25.2 Å². The van der Waals surface area contributed by atoms with Crippen molar-refractivity contribution in [1.29, 1.82) is 0 Å². The summed E-state index contributed by atoms with van der Waals surface area (Å²) in [6.07, 6.45) is 1.09. The van der Waals surface area contributed by atoms with Crippen molar-refractivity contribution in [1.82, 2.24) is 5.32 Å². The number of nitrogens with one attached hydrogen (secondary N) is 1. The predicted molar refractivity (Wildman–Crippen MR) is 81.4 cm³/mol. The number of hydrogen-bond donors (Lipinski definition) is 1. The van der Waals surface area contributed by atoms with E-state index in [0.29, 0.717) is 16.9 Å². The molecule has 20 heavy (non-hydrogen) atoms. The predicted octanol–water partition coefficient (Wildman–Crippen LogP) is 3.15. The molecule has 1 aromatic rings. The van der Waals surface area contributed by atoms with Crippen molar-refractivity contribution in [3.05, 3.63) is 28.2 Å². The second-order valence-electron chi connectivity index (χ2n) is 5.68. The molecule has 1 aliphatic carbocycles. The Labute approximate surface area is 131 Å². The lowest BCUT2D eigenvalue weighted by Crippen LogP contribution is -2.27. The van der Waals surface area contributed by atoms with Gasteiger partial charge in [-0.3, -0.25) is 4.79 Å². The molecule has 1 aliphatic rings. The number of rotatable bonds is 4. The number of benzene rings is 1. The molecule has 0 heterocycles. The van der Waals surface area contributed by atoms with Gasteiger partial charge in [-0.2, -0.15) is 0 Å². The van der Waals surface area contributed by atoms with E-state index in [1.165, 1.54) is 18.2 Å². The van der Waals surface area contributed by atoms with E-state index in [-0.39, 0.29) is 21.8 Å². The topological polar surface area (TPSA) is 63.2 Å². The minimum Gasteiger partial charge on any atom is -0.352 e. The summed E-state index contributed by atoms with van der Waals surface area (Å²) < 4.78 is 23.1. The maximum atomic E-state index is 12.1. The highest BCUT2D eigenvalue weighted by molar-refractivity contribution is 9.10. The monoisotopic (exact) mass is 379 g/mol. The van der Waals surface area contributed by atoms with Crippen LogP contribution < -0.4 is 5.32 Å². The molecule has 1 atom stereocenters. The molecule has 0 bridgehead atoms. The number of carbonyl (C=O) groups is 1. The first-order chi connectivity index (χ1) is 9.11. The summed E-state index contributed by atoms with van der Waals surface area (Å²) in [6, 6.07) is 4.14. The Hall–Kier alpha value is -0.590. The van der Waals surface area contributed by atoms with E-state index in [2.05, 4.69) is 35.1 Å². The highest BCUT2D eigenvalue weighted by Gasteiger charge is 2.45. The van der Waals surface area contributed by atoms with E-state index in [9.17, 15) is 13.2 Å². The van der Waals surface area contributed by atoms with Gasteiger partial charge >= 0.3 is 0 Å². The molecule has 1 saturated carbocycles. The first kappa shape index (κ1) is 15.8. The molecule has 0 saturated heterocycles. The first-order valence-corrected chi connectivity index (χ1v) is 9.24. The minimum atomic E-state index is -3.84. The Morgan fingerprint density at radius 2 is 2.10 bits per heavy atom. The van der Waals surface area contributed by atoms with E-state index in [1.54, 1.807) is 0 Å². The SMILES string of the molecule is CC1(C)CC1CNC(=O)c1cc(S(=O)(=O)Cl)ccc1Br. The summed E-state index contributed by atoms with van der Waals surface area (Å²) in [5.41, 5.74) is 0.552. The van der Waals surface area contributed by atoms with Crippen molar-refractivity contribution in [3.63, 3.8) is 0 Å². The number of hydrogen-bond acceptors (Lipinski definition) is 3. The van der Waals surface area contributed by atoms with Crippen LogP contribution in [-0.4, -0.2) is 20.9 Å². The van der Waals surface area contributed by atoms with Crippen molar-refractivity contribution < 1.29 is 13.2 Å². The molecule has 110 valence electrons. The van der Waals surface area contributed by atoms with Crippen LogP contribution in [0.1, 0.15) is 30.6 Å². The van der Waals surface area contributed by atoms with Gasteiger partial charge in [0.1, 0.15) is 0 Å². The van der Waals surface area contributed by atoms with Gasteiger partial charge in [0.05, 0.1) is 10.5 Å². The zero-order chi connectivity index (χ0) is 15.1. The van der Waals surface area contributed by atoms with Crippen LogP contribution in [0.2, 0.25) is 0 Å². The molecule has 0 spiro atoms. The molecule has 1 fully saturated rings. The van der Waals surface area contributed by atoms with Gasteiger partial charge in [-0.1, -0.05) is 13.8 Å². The van der Waals surface area contributed by atoms with Gasteiger partial charge < -0.3 is 5.32 Å². The van der Waals surface area contributed by atoms with Crippen LogP contribution in [0, 0.1) is 11.3 Å². The molecule has 1 N–H and O–H groups in total. The molecule has 4 nitrogen and oxygen atoms in total. The molecule has 1 unspecified atom stereocenters. The summed E-state index contributed by atoms with van der Waals surface area (Å²) in [5.74, 6) is 0.173. The van der Waals surface area contributed by atoms with E-state index < -0.39 is 9.05 Å². The molecular formula is C13H15BrClNO3S. The molecular weight excluding hydrogens is 366 g/mol. The molecule has 0 aromatic heterocycles. The Bertz CT molecular complexity index is 658. The van der Waals surface area contributed by atoms with Crippen LogP contribution in [0.4, 0.5) is 0 Å². The number of amides is 1. The van der Waals surface area contributed by atoms with Gasteiger partial charge in [0.15, 0.2) is 0 Å². The quantitative estimate of drug-likeness (QED) is 0.816. The molecule has 7 heteroatoms. The Kier molecular flexibility index (Phi) is 4.19. The average molecular weight is 381 g/mol. The summed E-state index contributed by atoms with van der Waals surface area (Å²) in [5, 5.41) is 2.83. The highest BCUT2D eigenvalue weighted by Crippen LogP contribution is 2.51. The van der Waals surface area contributed by atoms with E-state index in [1.807, 2.05) is 0 Å². The maximum Gasteiger partial charge on any atom is 0.261 e. The summed E-state index contributed by atoms with van der Waals surface area (Å²) in [4.78, 5) is 12.0. The lowest BCUT2D eigenvalue weighted by atomic mass is 10.1. The number of halogens is 2. The number of carbonyl (C=O) groups excluding carboxylic acids is 1. The van der Waals surface area contributed by atoms with Crippen LogP contribution >= 0.6 is 26.6 Å². The highest BCUT2D eigenvalue weighted by atomic mass is 79.9. The van der Waals surface area contributed by atoms with Crippen LogP contribution in [-0.2, 0) is 9.05 Å². The van der Waals surface area contributed by atoms with Crippen LogP contribution in [0.25, 0.3) is 0 Å². The van der Waals surface area contributed by atoms with E-state index in [4.69, 9.17) is 10.7 Å². The Balaban J connectivity index is 2.13. The third-order valence-corrected chi connectivity index (χ3v) is 5.73. The second kappa shape index (κ2) is 5.31. The van der Waals surface area contributed by atoms with Gasteiger partial charge in [-0.05, 0) is 51.9 Å². The average Bonchev–Trinajstić information content (AvgIpc) is 2.93. The van der Waals surface area contributed by atoms with Crippen molar-refractivity contribution in [2.24, 2.45) is 11.3 Å². The zero-order valence-corrected chi connectivity index (χ0v) is 14.3. The van der Waals surface area contributed by atoms with Gasteiger partial charge in [0.25, 0.3) is 15.0 Å². The van der Waals surface area contributed by atoms with E-state index in [0.717, 1.165) is 6.42 Å². The summed E-state index contributed by atoms with van der Waals surface area (Å²) in [7, 11) is 1.45. The normalized spacial score (nSPS) is 20.5. The summed E-state index contributed by atoms with van der Waals surface area (Å²) >= 11 is 3.24. The molecule has 1 amide bonds. The molecule has 2 rings (SSSR count). The van der Waals surface area contributed by atoms with Crippen LogP contribution in [0.5, 0.6) is 0 Å².